The van der Waals surface area contributed by atoms with Crippen molar-refractivity contribution >= 4 is 5.91 Å². The summed E-state index contributed by atoms with van der Waals surface area (Å²) in [6.07, 6.45) is 71.3. The molecule has 0 aliphatic carbocycles. The molecule has 12 atom stereocenters. The lowest BCUT2D eigenvalue weighted by Gasteiger charge is -2.46. The Bertz CT molecular complexity index is 1990. The Kier molecular flexibility index (Phi) is 55.1. The van der Waals surface area contributed by atoms with Gasteiger partial charge in [0.1, 0.15) is 48.8 Å². The van der Waals surface area contributed by atoms with Crippen LogP contribution in [0.15, 0.2) is 122 Å². The number of rotatable bonds is 58. The maximum Gasteiger partial charge on any atom is 0.220 e. The second kappa shape index (κ2) is 60.1. The van der Waals surface area contributed by atoms with Gasteiger partial charge in [-0.05, 0) is 103 Å². The first-order chi connectivity index (χ1) is 44.6. The third-order valence-electron chi connectivity index (χ3n) is 16.9. The molecule has 91 heavy (non-hydrogen) atoms. The summed E-state index contributed by atoms with van der Waals surface area (Å²) in [5.41, 5.74) is 0. The number of allylic oxidation sites excluding steroid dienone is 19. The van der Waals surface area contributed by atoms with Crippen LogP contribution in [0.2, 0.25) is 0 Å². The van der Waals surface area contributed by atoms with Gasteiger partial charge in [0, 0.05) is 6.42 Å². The van der Waals surface area contributed by atoms with E-state index in [1.165, 1.54) is 141 Å². The number of unbranched alkanes of at least 4 members (excludes halogenated alkanes) is 27. The largest absolute Gasteiger partial charge is 0.394 e. The Hall–Kier alpha value is -3.61. The van der Waals surface area contributed by atoms with Crippen molar-refractivity contribution in [3.63, 3.8) is 0 Å². The first-order valence-corrected chi connectivity index (χ1v) is 36.3. The summed E-state index contributed by atoms with van der Waals surface area (Å²) in [5, 5.41) is 87.3. The lowest BCUT2D eigenvalue weighted by molar-refractivity contribution is -0.359. The van der Waals surface area contributed by atoms with Gasteiger partial charge in [0.25, 0.3) is 0 Å². The molecule has 12 unspecified atom stereocenters. The number of carbonyl (C=O) groups is 1. The third-order valence-corrected chi connectivity index (χ3v) is 16.9. The van der Waals surface area contributed by atoms with Crippen molar-refractivity contribution in [3.8, 4) is 0 Å². The van der Waals surface area contributed by atoms with Crippen LogP contribution in [0.5, 0.6) is 0 Å². The van der Waals surface area contributed by atoms with Crippen molar-refractivity contribution in [2.24, 2.45) is 0 Å². The predicted octanol–water partition coefficient (Wildman–Crippen LogP) is 15.3. The van der Waals surface area contributed by atoms with Gasteiger partial charge >= 0.3 is 0 Å². The molecule has 0 aromatic heterocycles. The van der Waals surface area contributed by atoms with Crippen LogP contribution in [0.3, 0.4) is 0 Å². The standard InChI is InChI=1S/C77H131NO13/c1-3-5-7-9-11-13-15-17-19-21-22-23-24-25-26-27-28-29-30-31-32-33-34-35-36-37-38-39-40-41-42-43-44-45-47-49-51-53-55-57-59-61-69(82)78-65(66(81)60-58-56-54-52-50-48-46-20-18-16-14-12-10-8-6-4-2)64-88-76-74(87)72(85)75(68(63-80)90-76)91-77-73(86)71(84)70(83)67(62-79)89-77/h5,7,11,13,17-20,22-23,25-26,28-29,31-32,50,52,58,60,65-68,70-77,79-81,83-87H,3-4,6,8-10,12,14-16,21,24,27,30,33-49,51,53-57,59,61-64H2,1-2H3,(H,78,82)/b7-5-,13-11-,19-17-,20-18+,23-22-,26-25-,29-28-,32-31-,52-50+,60-58+. The van der Waals surface area contributed by atoms with E-state index in [2.05, 4.69) is 129 Å². The molecule has 2 rings (SSSR count). The van der Waals surface area contributed by atoms with E-state index >= 15 is 0 Å². The molecule has 0 spiro atoms. The second-order valence-corrected chi connectivity index (χ2v) is 25.0. The Morgan fingerprint density at radius 2 is 0.769 bits per heavy atom. The van der Waals surface area contributed by atoms with Gasteiger partial charge in [0.15, 0.2) is 12.6 Å². The van der Waals surface area contributed by atoms with Gasteiger partial charge in [0.2, 0.25) is 5.91 Å². The van der Waals surface area contributed by atoms with E-state index in [1.807, 2.05) is 6.08 Å². The molecule has 9 N–H and O–H groups in total. The van der Waals surface area contributed by atoms with Crippen LogP contribution < -0.4 is 5.32 Å². The van der Waals surface area contributed by atoms with Crippen molar-refractivity contribution in [3.05, 3.63) is 122 Å². The lowest BCUT2D eigenvalue weighted by Crippen LogP contribution is -2.65. The maximum absolute atomic E-state index is 13.3. The smallest absolute Gasteiger partial charge is 0.220 e. The van der Waals surface area contributed by atoms with Crippen molar-refractivity contribution in [1.82, 2.24) is 5.32 Å². The molecule has 0 aromatic carbocycles. The van der Waals surface area contributed by atoms with Crippen molar-refractivity contribution in [2.45, 2.75) is 338 Å². The Morgan fingerprint density at radius 1 is 0.407 bits per heavy atom. The van der Waals surface area contributed by atoms with Crippen LogP contribution in [-0.4, -0.2) is 140 Å². The summed E-state index contributed by atoms with van der Waals surface area (Å²) < 4.78 is 22.8. The third kappa shape index (κ3) is 43.9. The normalized spacial score (nSPS) is 23.5. The lowest BCUT2D eigenvalue weighted by atomic mass is 9.97. The van der Waals surface area contributed by atoms with Crippen molar-refractivity contribution in [1.29, 1.82) is 0 Å². The maximum atomic E-state index is 13.3. The van der Waals surface area contributed by atoms with E-state index in [0.717, 1.165) is 89.9 Å². The number of hydrogen-bond acceptors (Lipinski definition) is 13. The zero-order valence-corrected chi connectivity index (χ0v) is 56.8. The minimum Gasteiger partial charge on any atom is -0.394 e. The van der Waals surface area contributed by atoms with Gasteiger partial charge in [-0.2, -0.15) is 0 Å². The number of carbonyl (C=O) groups excluding carboxylic acids is 1. The van der Waals surface area contributed by atoms with Crippen LogP contribution in [0.25, 0.3) is 0 Å². The molecule has 2 aliphatic rings. The molecular formula is C77H131NO13. The Labute approximate surface area is 552 Å². The molecule has 2 saturated heterocycles. The molecule has 14 nitrogen and oxygen atoms in total. The number of ether oxygens (including phenoxy) is 4. The highest BCUT2D eigenvalue weighted by Crippen LogP contribution is 2.30. The van der Waals surface area contributed by atoms with Crippen LogP contribution in [0, 0.1) is 0 Å². The first kappa shape index (κ1) is 83.5. The summed E-state index contributed by atoms with van der Waals surface area (Å²) in [7, 11) is 0. The monoisotopic (exact) mass is 1280 g/mol. The van der Waals surface area contributed by atoms with Crippen molar-refractivity contribution < 1.29 is 64.6 Å². The van der Waals surface area contributed by atoms with Gasteiger partial charge in [-0.3, -0.25) is 4.79 Å². The van der Waals surface area contributed by atoms with Crippen LogP contribution in [0.4, 0.5) is 0 Å². The summed E-state index contributed by atoms with van der Waals surface area (Å²) in [6, 6.07) is -0.943. The molecule has 0 saturated carbocycles. The zero-order chi connectivity index (χ0) is 65.9. The number of hydrogen-bond donors (Lipinski definition) is 9. The minimum atomic E-state index is -1.80. The fourth-order valence-electron chi connectivity index (χ4n) is 11.1. The van der Waals surface area contributed by atoms with Crippen LogP contribution >= 0.6 is 0 Å². The summed E-state index contributed by atoms with van der Waals surface area (Å²) in [4.78, 5) is 13.3. The average Bonchev–Trinajstić information content (AvgIpc) is 1.24. The molecule has 0 aromatic rings. The van der Waals surface area contributed by atoms with Gasteiger partial charge in [-0.25, -0.2) is 0 Å². The molecule has 2 fully saturated rings. The highest BCUT2D eigenvalue weighted by atomic mass is 16.7. The number of nitrogens with one attached hydrogen (secondary N) is 1. The average molecular weight is 1280 g/mol. The van der Waals surface area contributed by atoms with E-state index in [0.29, 0.717) is 12.8 Å². The van der Waals surface area contributed by atoms with Gasteiger partial charge in [-0.15, -0.1) is 0 Å². The minimum absolute atomic E-state index is 0.254. The quantitative estimate of drug-likeness (QED) is 0.0204. The summed E-state index contributed by atoms with van der Waals surface area (Å²) >= 11 is 0. The van der Waals surface area contributed by atoms with Gasteiger partial charge in [-0.1, -0.05) is 277 Å². The zero-order valence-electron chi connectivity index (χ0n) is 56.8. The second-order valence-electron chi connectivity index (χ2n) is 25.0. The highest BCUT2D eigenvalue weighted by molar-refractivity contribution is 5.76. The number of amides is 1. The van der Waals surface area contributed by atoms with E-state index in [4.69, 9.17) is 18.9 Å². The fraction of sp³-hybridized carbons (Fsp3) is 0.727. The molecular weight excluding hydrogens is 1150 g/mol. The van der Waals surface area contributed by atoms with Crippen molar-refractivity contribution in [2.75, 3.05) is 19.8 Å². The first-order valence-electron chi connectivity index (χ1n) is 36.3. The van der Waals surface area contributed by atoms with E-state index in [-0.39, 0.29) is 18.9 Å². The predicted molar refractivity (Wildman–Crippen MR) is 373 cm³/mol. The molecule has 0 bridgehead atoms. The summed E-state index contributed by atoms with van der Waals surface area (Å²) in [5.74, 6) is -0.254. The molecule has 14 heteroatoms. The van der Waals surface area contributed by atoms with E-state index in [1.54, 1.807) is 6.08 Å². The molecule has 0 radical (unpaired) electrons. The van der Waals surface area contributed by atoms with Crippen LogP contribution in [-0.2, 0) is 23.7 Å². The number of aliphatic hydroxyl groups is 8. The van der Waals surface area contributed by atoms with Gasteiger partial charge in [0.05, 0.1) is 32.0 Å². The fourth-order valence-corrected chi connectivity index (χ4v) is 11.1. The highest BCUT2D eigenvalue weighted by Gasteiger charge is 2.51. The van der Waals surface area contributed by atoms with E-state index in [9.17, 15) is 45.6 Å². The topological polar surface area (TPSA) is 228 Å². The van der Waals surface area contributed by atoms with Crippen LogP contribution in [0.1, 0.15) is 264 Å². The van der Waals surface area contributed by atoms with E-state index < -0.39 is 86.8 Å². The SMILES string of the molecule is CC/C=C\C/C=C\C/C=C\C/C=C\C/C=C\C/C=C\C/C=C\CCCCCCCCCCCCCCCCCCCCCC(=O)NC(COC1OC(CO)C(OC2OC(CO)C(O)C(O)C2O)C(O)C1O)C(O)/C=C/CC/C=C/CC/C=C/CCCCCCCC. The molecule has 522 valence electrons. The Morgan fingerprint density at radius 3 is 1.21 bits per heavy atom. The summed E-state index contributed by atoms with van der Waals surface area (Å²) in [6.45, 7) is 2.65. The molecule has 1 amide bonds. The number of aliphatic hydroxyl groups excluding tert-OH is 8. The molecule has 2 heterocycles. The Balaban J connectivity index is 1.59. The molecule has 2 aliphatic heterocycles. The van der Waals surface area contributed by atoms with Gasteiger partial charge < -0.3 is 65.1 Å².